The van der Waals surface area contributed by atoms with Crippen LogP contribution in [0.2, 0.25) is 0 Å². The molecule has 0 bridgehead atoms. The number of anilines is 1. The van der Waals surface area contributed by atoms with E-state index >= 15 is 0 Å². The van der Waals surface area contributed by atoms with Crippen molar-refractivity contribution in [2.45, 2.75) is 19.1 Å². The molecule has 0 saturated carbocycles. The zero-order chi connectivity index (χ0) is 22.8. The molecule has 2 aliphatic rings. The number of carbonyl (C=O) groups is 2. The second-order valence-corrected chi connectivity index (χ2v) is 7.83. The number of fused-ring (bicyclic) bond motifs is 2. The average molecular weight is 446 g/mol. The summed E-state index contributed by atoms with van der Waals surface area (Å²) in [6.45, 7) is 0.928. The number of hydrogen-bond donors (Lipinski definition) is 3. The van der Waals surface area contributed by atoms with Gasteiger partial charge in [-0.05, 0) is 59.2 Å². The van der Waals surface area contributed by atoms with Gasteiger partial charge >= 0.3 is 6.03 Å². The second kappa shape index (κ2) is 8.79. The lowest BCUT2D eigenvalue weighted by Crippen LogP contribution is -2.31. The highest BCUT2D eigenvalue weighted by atomic mass is 16.7. The molecule has 0 spiro atoms. The van der Waals surface area contributed by atoms with Gasteiger partial charge < -0.3 is 30.1 Å². The van der Waals surface area contributed by atoms with Gasteiger partial charge in [-0.25, -0.2) is 4.79 Å². The van der Waals surface area contributed by atoms with Crippen LogP contribution in [0.4, 0.5) is 10.5 Å². The molecule has 3 heterocycles. The molecule has 5 rings (SSSR count). The molecule has 3 aromatic rings. The Bertz CT molecular complexity index is 1170. The van der Waals surface area contributed by atoms with Gasteiger partial charge in [-0.1, -0.05) is 6.07 Å². The topological polar surface area (TPSA) is 113 Å². The largest absolute Gasteiger partial charge is 0.454 e. The SMILES string of the molecule is O=C(N[C@H](CO)c1ccc2c(c1)OCO2)c1ccc(NC(=O)N2Cc3ccncc3C2)cc1. The molecule has 2 aliphatic heterocycles. The molecule has 1 atom stereocenters. The van der Waals surface area contributed by atoms with Crippen LogP contribution in [0, 0.1) is 0 Å². The average Bonchev–Trinajstić information content (AvgIpc) is 3.49. The summed E-state index contributed by atoms with van der Waals surface area (Å²) in [6, 6.07) is 13.0. The van der Waals surface area contributed by atoms with Gasteiger partial charge in [0.2, 0.25) is 6.79 Å². The number of aromatic nitrogens is 1. The van der Waals surface area contributed by atoms with Gasteiger partial charge in [-0.3, -0.25) is 9.78 Å². The van der Waals surface area contributed by atoms with E-state index in [1.165, 1.54) is 0 Å². The van der Waals surface area contributed by atoms with Crippen molar-refractivity contribution in [3.63, 3.8) is 0 Å². The van der Waals surface area contributed by atoms with Crippen molar-refractivity contribution in [3.05, 3.63) is 83.2 Å². The van der Waals surface area contributed by atoms with E-state index in [0.717, 1.165) is 11.1 Å². The monoisotopic (exact) mass is 446 g/mol. The normalized spacial score (nSPS) is 14.5. The number of amides is 3. The second-order valence-electron chi connectivity index (χ2n) is 7.83. The molecule has 1 aromatic heterocycles. The Morgan fingerprint density at radius 1 is 1.03 bits per heavy atom. The van der Waals surface area contributed by atoms with Gasteiger partial charge in [0.05, 0.1) is 12.6 Å². The van der Waals surface area contributed by atoms with E-state index in [0.29, 0.717) is 41.4 Å². The Labute approximate surface area is 190 Å². The number of pyridine rings is 1. The van der Waals surface area contributed by atoms with E-state index in [9.17, 15) is 14.7 Å². The Balaban J connectivity index is 1.20. The smallest absolute Gasteiger partial charge is 0.322 e. The lowest BCUT2D eigenvalue weighted by atomic mass is 10.1. The van der Waals surface area contributed by atoms with E-state index in [4.69, 9.17) is 9.47 Å². The summed E-state index contributed by atoms with van der Waals surface area (Å²) in [5, 5.41) is 15.5. The minimum absolute atomic E-state index is 0.153. The number of aliphatic hydroxyl groups is 1. The predicted molar refractivity (Wildman–Crippen MR) is 119 cm³/mol. The zero-order valence-corrected chi connectivity index (χ0v) is 17.7. The molecule has 168 valence electrons. The van der Waals surface area contributed by atoms with Crippen LogP contribution >= 0.6 is 0 Å². The standard InChI is InChI=1S/C24H22N4O5/c29-13-20(16-3-6-21-22(9-16)33-14-32-21)27-23(30)15-1-4-19(5-2-15)26-24(31)28-11-17-7-8-25-10-18(17)12-28/h1-10,20,29H,11-14H2,(H,26,31)(H,27,30)/t20-/m1/s1. The maximum Gasteiger partial charge on any atom is 0.322 e. The summed E-state index contributed by atoms with van der Waals surface area (Å²) in [5.41, 5.74) is 3.83. The van der Waals surface area contributed by atoms with Crippen LogP contribution in [0.5, 0.6) is 11.5 Å². The molecule has 0 unspecified atom stereocenters. The van der Waals surface area contributed by atoms with Crippen LogP contribution in [0.15, 0.2) is 60.9 Å². The summed E-state index contributed by atoms with van der Waals surface area (Å²) in [5.74, 6) is 0.874. The summed E-state index contributed by atoms with van der Waals surface area (Å²) >= 11 is 0. The van der Waals surface area contributed by atoms with E-state index in [1.54, 1.807) is 59.8 Å². The van der Waals surface area contributed by atoms with Crippen LogP contribution in [-0.2, 0) is 13.1 Å². The molecule has 3 N–H and O–H groups in total. The first-order valence-corrected chi connectivity index (χ1v) is 10.5. The molecule has 9 nitrogen and oxygen atoms in total. The third-order valence-electron chi connectivity index (χ3n) is 5.70. The molecule has 9 heteroatoms. The first-order valence-electron chi connectivity index (χ1n) is 10.5. The van der Waals surface area contributed by atoms with Crippen LogP contribution in [0.3, 0.4) is 0 Å². The summed E-state index contributed by atoms with van der Waals surface area (Å²) in [6.07, 6.45) is 3.50. The van der Waals surface area contributed by atoms with Crippen LogP contribution in [0.25, 0.3) is 0 Å². The van der Waals surface area contributed by atoms with Gasteiger partial charge in [0, 0.05) is 36.7 Å². The van der Waals surface area contributed by atoms with Crippen LogP contribution < -0.4 is 20.1 Å². The number of nitrogens with one attached hydrogen (secondary N) is 2. The fraction of sp³-hybridized carbons (Fsp3) is 0.208. The Morgan fingerprint density at radius 2 is 1.82 bits per heavy atom. The van der Waals surface area contributed by atoms with Crippen molar-refractivity contribution in [1.29, 1.82) is 0 Å². The number of hydrogen-bond acceptors (Lipinski definition) is 6. The lowest BCUT2D eigenvalue weighted by Gasteiger charge is -2.18. The predicted octanol–water partition coefficient (Wildman–Crippen LogP) is 2.82. The highest BCUT2D eigenvalue weighted by Crippen LogP contribution is 2.34. The van der Waals surface area contributed by atoms with E-state index in [2.05, 4.69) is 15.6 Å². The molecule has 3 amide bonds. The third-order valence-corrected chi connectivity index (χ3v) is 5.70. The van der Waals surface area contributed by atoms with Gasteiger partial charge in [-0.15, -0.1) is 0 Å². The van der Waals surface area contributed by atoms with Crippen molar-refractivity contribution >= 4 is 17.6 Å². The van der Waals surface area contributed by atoms with Gasteiger partial charge in [0.25, 0.3) is 5.91 Å². The number of carbonyl (C=O) groups excluding carboxylic acids is 2. The van der Waals surface area contributed by atoms with Crippen molar-refractivity contribution in [1.82, 2.24) is 15.2 Å². The molecular weight excluding hydrogens is 424 g/mol. The quantitative estimate of drug-likeness (QED) is 0.556. The van der Waals surface area contributed by atoms with Crippen molar-refractivity contribution in [2.24, 2.45) is 0 Å². The highest BCUT2D eigenvalue weighted by molar-refractivity contribution is 5.95. The lowest BCUT2D eigenvalue weighted by molar-refractivity contribution is 0.0916. The van der Waals surface area contributed by atoms with Crippen LogP contribution in [0.1, 0.15) is 33.1 Å². The number of benzene rings is 2. The van der Waals surface area contributed by atoms with Gasteiger partial charge in [0.1, 0.15) is 0 Å². The Kier molecular flexibility index (Phi) is 5.54. The highest BCUT2D eigenvalue weighted by Gasteiger charge is 2.23. The van der Waals surface area contributed by atoms with Crippen LogP contribution in [-0.4, -0.2) is 40.3 Å². The maximum atomic E-state index is 12.7. The van der Waals surface area contributed by atoms with Gasteiger partial charge in [0.15, 0.2) is 11.5 Å². The minimum atomic E-state index is -0.599. The molecule has 33 heavy (non-hydrogen) atoms. The number of rotatable bonds is 5. The third kappa shape index (κ3) is 4.31. The van der Waals surface area contributed by atoms with Crippen molar-refractivity contribution in [2.75, 3.05) is 18.7 Å². The van der Waals surface area contributed by atoms with E-state index < -0.39 is 6.04 Å². The zero-order valence-electron chi connectivity index (χ0n) is 17.7. The van der Waals surface area contributed by atoms with Crippen molar-refractivity contribution in [3.8, 4) is 11.5 Å². The molecule has 0 fully saturated rings. The fourth-order valence-corrected chi connectivity index (χ4v) is 3.88. The first kappa shape index (κ1) is 20.8. The minimum Gasteiger partial charge on any atom is -0.454 e. The van der Waals surface area contributed by atoms with Crippen molar-refractivity contribution < 1.29 is 24.2 Å². The molecule has 0 aliphatic carbocycles. The maximum absolute atomic E-state index is 12.7. The fourth-order valence-electron chi connectivity index (χ4n) is 3.88. The molecular formula is C24H22N4O5. The number of urea groups is 1. The summed E-state index contributed by atoms with van der Waals surface area (Å²) in [4.78, 5) is 31.1. The number of nitrogens with zero attached hydrogens (tertiary/aromatic N) is 2. The summed E-state index contributed by atoms with van der Waals surface area (Å²) < 4.78 is 10.7. The molecule has 2 aromatic carbocycles. The van der Waals surface area contributed by atoms with Gasteiger partial charge in [-0.2, -0.15) is 0 Å². The molecule has 0 radical (unpaired) electrons. The number of aliphatic hydroxyl groups excluding tert-OH is 1. The number of ether oxygens (including phenoxy) is 2. The van der Waals surface area contributed by atoms with E-state index in [1.807, 2.05) is 6.07 Å². The summed E-state index contributed by atoms with van der Waals surface area (Å²) in [7, 11) is 0. The molecule has 0 saturated heterocycles. The van der Waals surface area contributed by atoms with E-state index in [-0.39, 0.29) is 25.3 Å². The Hall–Kier alpha value is -4.11. The first-order chi connectivity index (χ1) is 16.1. The Morgan fingerprint density at radius 3 is 2.61 bits per heavy atom.